The van der Waals surface area contributed by atoms with Crippen LogP contribution in [0.15, 0.2) is 41.9 Å². The number of hydrogen-bond donors (Lipinski definition) is 2. The summed E-state index contributed by atoms with van der Waals surface area (Å²) >= 11 is 1.61. The lowest BCUT2D eigenvalue weighted by Crippen LogP contribution is -2.51. The third kappa shape index (κ3) is 3.63. The van der Waals surface area contributed by atoms with E-state index in [0.29, 0.717) is 5.69 Å². The highest BCUT2D eigenvalue weighted by Gasteiger charge is 2.43. The summed E-state index contributed by atoms with van der Waals surface area (Å²) in [5, 5.41) is 6.29. The van der Waals surface area contributed by atoms with Crippen molar-refractivity contribution < 1.29 is 9.53 Å². The van der Waals surface area contributed by atoms with Crippen molar-refractivity contribution in [2.45, 2.75) is 37.8 Å². The van der Waals surface area contributed by atoms with E-state index in [0.717, 1.165) is 59.9 Å². The molecule has 5 rings (SSSR count). The second-order valence-corrected chi connectivity index (χ2v) is 9.47. The number of aromatic nitrogens is 2. The Morgan fingerprint density at radius 2 is 2.13 bits per heavy atom. The van der Waals surface area contributed by atoms with Crippen molar-refractivity contribution in [1.82, 2.24) is 20.2 Å². The summed E-state index contributed by atoms with van der Waals surface area (Å²) in [4.78, 5) is 23.1. The first-order chi connectivity index (χ1) is 14.5. The number of likely N-dealkylation sites (tertiary alicyclic amines) is 1. The largest absolute Gasteiger partial charge is 0.487 e. The second-order valence-electron chi connectivity index (χ2n) is 8.41. The van der Waals surface area contributed by atoms with Gasteiger partial charge in [0.25, 0.3) is 5.91 Å². The Labute approximate surface area is 180 Å². The van der Waals surface area contributed by atoms with E-state index in [1.54, 1.807) is 11.3 Å². The number of piperidine rings is 1. The number of ether oxygens (including phenoxy) is 1. The Morgan fingerprint density at radius 1 is 1.33 bits per heavy atom. The van der Waals surface area contributed by atoms with Gasteiger partial charge in [-0.05, 0) is 38.9 Å². The highest BCUT2D eigenvalue weighted by atomic mass is 32.1. The fourth-order valence-corrected chi connectivity index (χ4v) is 5.11. The summed E-state index contributed by atoms with van der Waals surface area (Å²) in [6.45, 7) is 4.00. The van der Waals surface area contributed by atoms with Crippen LogP contribution in [0.2, 0.25) is 0 Å². The van der Waals surface area contributed by atoms with Crippen LogP contribution in [0.5, 0.6) is 5.75 Å². The van der Waals surface area contributed by atoms with Crippen LogP contribution in [0.1, 0.15) is 46.4 Å². The van der Waals surface area contributed by atoms with E-state index in [1.165, 1.54) is 0 Å². The number of hydrogen-bond acceptors (Lipinski definition) is 5. The zero-order chi connectivity index (χ0) is 20.7. The quantitative estimate of drug-likeness (QED) is 0.665. The Hall–Kier alpha value is -2.64. The zero-order valence-corrected chi connectivity index (χ0v) is 18.1. The van der Waals surface area contributed by atoms with Crippen molar-refractivity contribution in [3.63, 3.8) is 0 Å². The van der Waals surface area contributed by atoms with Crippen LogP contribution in [0, 0.1) is 6.92 Å². The molecule has 1 saturated heterocycles. The molecule has 2 aromatic heterocycles. The molecule has 1 spiro atoms. The van der Waals surface area contributed by atoms with E-state index in [4.69, 9.17) is 4.74 Å². The first kappa shape index (κ1) is 19.3. The summed E-state index contributed by atoms with van der Waals surface area (Å²) in [6, 6.07) is 9.88. The number of nitrogens with zero attached hydrogens (tertiary/aromatic N) is 2. The lowest BCUT2D eigenvalue weighted by atomic mass is 9.80. The molecule has 6 nitrogen and oxygen atoms in total. The molecule has 30 heavy (non-hydrogen) atoms. The molecule has 3 aromatic rings. The van der Waals surface area contributed by atoms with Crippen molar-refractivity contribution in [2.75, 3.05) is 20.1 Å². The Bertz CT molecular complexity index is 1060. The minimum atomic E-state index is -0.210. The van der Waals surface area contributed by atoms with Gasteiger partial charge in [-0.15, -0.1) is 11.3 Å². The number of rotatable bonds is 3. The normalized spacial score (nSPS) is 20.5. The number of amides is 1. The van der Waals surface area contributed by atoms with Gasteiger partial charge in [0.2, 0.25) is 0 Å². The van der Waals surface area contributed by atoms with Gasteiger partial charge in [0.1, 0.15) is 17.0 Å². The maximum absolute atomic E-state index is 13.1. The molecule has 0 bridgehead atoms. The molecule has 7 heteroatoms. The molecule has 1 aromatic carbocycles. The third-order valence-corrected chi connectivity index (χ3v) is 7.02. The van der Waals surface area contributed by atoms with Gasteiger partial charge >= 0.3 is 0 Å². The average molecular weight is 423 g/mol. The molecule has 2 aliphatic rings. The van der Waals surface area contributed by atoms with Crippen LogP contribution >= 0.6 is 11.3 Å². The molecule has 1 amide bonds. The fourth-order valence-electron chi connectivity index (χ4n) is 4.48. The number of para-hydroxylation sites is 1. The van der Waals surface area contributed by atoms with Crippen LogP contribution in [0.3, 0.4) is 0 Å². The number of carbonyl (C=O) groups is 1. The van der Waals surface area contributed by atoms with Gasteiger partial charge in [-0.25, -0.2) is 4.98 Å². The van der Waals surface area contributed by atoms with Gasteiger partial charge in [-0.3, -0.25) is 4.79 Å². The zero-order valence-electron chi connectivity index (χ0n) is 17.3. The van der Waals surface area contributed by atoms with E-state index in [-0.39, 0.29) is 17.6 Å². The Balaban J connectivity index is 1.38. The second kappa shape index (κ2) is 7.56. The van der Waals surface area contributed by atoms with Crippen LogP contribution in [0.4, 0.5) is 0 Å². The maximum Gasteiger partial charge on any atom is 0.268 e. The highest BCUT2D eigenvalue weighted by molar-refractivity contribution is 7.09. The maximum atomic E-state index is 13.1. The van der Waals surface area contributed by atoms with E-state index in [2.05, 4.69) is 33.3 Å². The van der Waals surface area contributed by atoms with Gasteiger partial charge in [0.05, 0.1) is 16.7 Å². The number of fused-ring (bicyclic) bond motifs is 1. The summed E-state index contributed by atoms with van der Waals surface area (Å²) in [5.74, 6) is 0.793. The third-order valence-electron chi connectivity index (χ3n) is 6.24. The molecule has 1 unspecified atom stereocenters. The molecular weight excluding hydrogens is 396 g/mol. The highest BCUT2D eigenvalue weighted by Crippen LogP contribution is 2.44. The first-order valence-corrected chi connectivity index (χ1v) is 11.3. The summed E-state index contributed by atoms with van der Waals surface area (Å²) in [7, 11) is 2.15. The van der Waals surface area contributed by atoms with Crippen LogP contribution in [-0.2, 0) is 0 Å². The first-order valence-electron chi connectivity index (χ1n) is 10.4. The van der Waals surface area contributed by atoms with Crippen LogP contribution in [0.25, 0.3) is 11.3 Å². The number of thiazole rings is 1. The summed E-state index contributed by atoms with van der Waals surface area (Å²) in [5.41, 5.74) is 3.23. The molecular formula is C23H26N4O2S. The Morgan fingerprint density at radius 3 is 2.90 bits per heavy atom. The Kier molecular flexibility index (Phi) is 4.87. The summed E-state index contributed by atoms with van der Waals surface area (Å²) in [6.07, 6.45) is 4.59. The van der Waals surface area contributed by atoms with Gasteiger partial charge in [0, 0.05) is 42.2 Å². The molecule has 156 valence electrons. The fraction of sp³-hybridized carbons (Fsp3) is 0.391. The number of benzene rings is 1. The SMILES string of the molecule is Cc1nc(-c2c[nH]c(C(=O)NC3CC4(CCN(C)CC4)Oc4ccccc43)c2)cs1. The molecule has 0 aliphatic carbocycles. The van der Waals surface area contributed by atoms with Gasteiger partial charge in [-0.1, -0.05) is 18.2 Å². The van der Waals surface area contributed by atoms with E-state index >= 15 is 0 Å². The molecule has 2 N–H and O–H groups in total. The van der Waals surface area contributed by atoms with Crippen LogP contribution < -0.4 is 10.1 Å². The molecule has 0 radical (unpaired) electrons. The molecule has 1 fully saturated rings. The number of nitrogens with one attached hydrogen (secondary N) is 2. The monoisotopic (exact) mass is 422 g/mol. The molecule has 2 aliphatic heterocycles. The van der Waals surface area contributed by atoms with Crippen molar-refractivity contribution in [3.8, 4) is 17.0 Å². The van der Waals surface area contributed by atoms with Gasteiger partial charge in [-0.2, -0.15) is 0 Å². The lowest BCUT2D eigenvalue weighted by molar-refractivity contribution is -0.0196. The number of aromatic amines is 1. The smallest absolute Gasteiger partial charge is 0.268 e. The predicted molar refractivity (Wildman–Crippen MR) is 118 cm³/mol. The number of carbonyl (C=O) groups excluding carboxylic acids is 1. The predicted octanol–water partition coefficient (Wildman–Crippen LogP) is 4.16. The lowest BCUT2D eigenvalue weighted by Gasteiger charge is -2.46. The van der Waals surface area contributed by atoms with Crippen LogP contribution in [-0.4, -0.2) is 46.5 Å². The average Bonchev–Trinajstić information content (AvgIpc) is 3.40. The minimum absolute atomic E-state index is 0.0703. The van der Waals surface area contributed by atoms with Gasteiger partial charge < -0.3 is 19.9 Å². The van der Waals surface area contributed by atoms with Crippen molar-refractivity contribution in [1.29, 1.82) is 0 Å². The van der Waals surface area contributed by atoms with Crippen molar-refractivity contribution in [2.24, 2.45) is 0 Å². The van der Waals surface area contributed by atoms with E-state index in [1.807, 2.05) is 42.8 Å². The van der Waals surface area contributed by atoms with Gasteiger partial charge in [0.15, 0.2) is 0 Å². The topological polar surface area (TPSA) is 70.2 Å². The number of H-pyrrole nitrogens is 1. The van der Waals surface area contributed by atoms with Crippen molar-refractivity contribution >= 4 is 17.2 Å². The molecule has 4 heterocycles. The van der Waals surface area contributed by atoms with Crippen molar-refractivity contribution in [3.05, 3.63) is 58.2 Å². The standard InChI is InChI=1S/C23H26N4O2S/c1-15-25-20(14-30-15)16-11-18(24-13-16)22(28)26-19-12-23(7-9-27(2)10-8-23)29-21-6-4-3-5-17(19)21/h3-6,11,13-14,19,24H,7-10,12H2,1-2H3,(H,26,28). The number of aryl methyl sites for hydroxylation is 1. The summed E-state index contributed by atoms with van der Waals surface area (Å²) < 4.78 is 6.50. The van der Waals surface area contributed by atoms with E-state index in [9.17, 15) is 4.79 Å². The molecule has 1 atom stereocenters. The molecule has 0 saturated carbocycles. The minimum Gasteiger partial charge on any atom is -0.487 e. The van der Waals surface area contributed by atoms with E-state index < -0.39 is 0 Å².